The number of thiophene rings is 1. The molecule has 2 aromatic carbocycles. The molecule has 0 fully saturated rings. The summed E-state index contributed by atoms with van der Waals surface area (Å²) in [4.78, 5) is 0. The van der Waals surface area contributed by atoms with Gasteiger partial charge in [0.25, 0.3) is 0 Å². The van der Waals surface area contributed by atoms with Crippen LogP contribution in [0, 0.1) is 13.8 Å². The molecule has 3 rings (SSSR count). The van der Waals surface area contributed by atoms with Gasteiger partial charge < -0.3 is 4.74 Å². The first-order chi connectivity index (χ1) is 12.7. The zero-order chi connectivity index (χ0) is 18.5. The van der Waals surface area contributed by atoms with E-state index in [1.54, 1.807) is 0 Å². The van der Waals surface area contributed by atoms with E-state index < -0.39 is 0 Å². The number of fused-ring (bicyclic) bond motifs is 3. The Morgan fingerprint density at radius 2 is 1.46 bits per heavy atom. The Morgan fingerprint density at radius 3 is 2.19 bits per heavy atom. The van der Waals surface area contributed by atoms with Gasteiger partial charge in [-0.05, 0) is 56.4 Å². The fourth-order valence-corrected chi connectivity index (χ4v) is 5.02. The van der Waals surface area contributed by atoms with Gasteiger partial charge in [0, 0.05) is 25.7 Å². The first-order valence-corrected chi connectivity index (χ1v) is 11.1. The molecular weight excluding hydrogens is 336 g/mol. The second-order valence-electron chi connectivity index (χ2n) is 7.41. The molecule has 2 heteroatoms. The molecule has 0 saturated heterocycles. The lowest BCUT2D eigenvalue weighted by Crippen LogP contribution is -1.98. The molecule has 0 aliphatic heterocycles. The highest BCUT2D eigenvalue weighted by molar-refractivity contribution is 7.26. The van der Waals surface area contributed by atoms with E-state index in [-0.39, 0.29) is 0 Å². The molecule has 1 heterocycles. The molecule has 1 aromatic heterocycles. The summed E-state index contributed by atoms with van der Waals surface area (Å²) in [7, 11) is 0. The Bertz CT molecular complexity index is 875. The molecule has 3 aromatic rings. The molecule has 0 bridgehead atoms. The van der Waals surface area contributed by atoms with Gasteiger partial charge in [-0.15, -0.1) is 11.3 Å². The smallest absolute Gasteiger partial charge is 0.123 e. The van der Waals surface area contributed by atoms with Crippen LogP contribution in [0.25, 0.3) is 20.2 Å². The largest absolute Gasteiger partial charge is 0.493 e. The van der Waals surface area contributed by atoms with Crippen molar-refractivity contribution in [1.82, 2.24) is 0 Å². The van der Waals surface area contributed by atoms with E-state index in [1.165, 1.54) is 75.4 Å². The number of ether oxygens (including phenoxy) is 1. The van der Waals surface area contributed by atoms with Gasteiger partial charge in [0.1, 0.15) is 5.75 Å². The van der Waals surface area contributed by atoms with Gasteiger partial charge >= 0.3 is 0 Å². The second kappa shape index (κ2) is 8.90. The van der Waals surface area contributed by atoms with Crippen molar-refractivity contribution >= 4 is 31.5 Å². The van der Waals surface area contributed by atoms with Gasteiger partial charge in [-0.2, -0.15) is 0 Å². The van der Waals surface area contributed by atoms with Gasteiger partial charge in [-0.3, -0.25) is 0 Å². The Hall–Kier alpha value is -1.54. The molecule has 0 aliphatic carbocycles. The fraction of sp³-hybridized carbons (Fsp3) is 0.500. The second-order valence-corrected chi connectivity index (χ2v) is 8.43. The van der Waals surface area contributed by atoms with E-state index in [0.717, 1.165) is 18.8 Å². The summed E-state index contributed by atoms with van der Waals surface area (Å²) in [6, 6.07) is 9.10. The standard InChI is InChI=1S/C24H32OS/c1-5-7-9-10-16-25-22-15-14-21-20-13-12-19(11-8-6-2)17(3)23(20)26-24(21)18(22)4/h12-15H,5-11,16H2,1-4H3. The molecule has 26 heavy (non-hydrogen) atoms. The molecule has 0 N–H and O–H groups in total. The quantitative estimate of drug-likeness (QED) is 0.348. The first kappa shape index (κ1) is 19.2. The molecule has 0 spiro atoms. The third kappa shape index (κ3) is 3.91. The van der Waals surface area contributed by atoms with Gasteiger partial charge in [0.2, 0.25) is 0 Å². The van der Waals surface area contributed by atoms with Crippen LogP contribution in [0.1, 0.15) is 69.1 Å². The van der Waals surface area contributed by atoms with E-state index in [0.29, 0.717) is 0 Å². The van der Waals surface area contributed by atoms with Crippen LogP contribution in [0.3, 0.4) is 0 Å². The average molecular weight is 369 g/mol. The highest BCUT2D eigenvalue weighted by Gasteiger charge is 2.13. The maximum Gasteiger partial charge on any atom is 0.123 e. The lowest BCUT2D eigenvalue weighted by Gasteiger charge is -2.09. The predicted octanol–water partition coefficient (Wildman–Crippen LogP) is 7.97. The zero-order valence-electron chi connectivity index (χ0n) is 16.8. The van der Waals surface area contributed by atoms with E-state index in [4.69, 9.17) is 4.74 Å². The molecular formula is C24H32OS. The summed E-state index contributed by atoms with van der Waals surface area (Å²) in [5.74, 6) is 1.06. The van der Waals surface area contributed by atoms with Crippen LogP contribution in [0.5, 0.6) is 5.75 Å². The summed E-state index contributed by atoms with van der Waals surface area (Å²) >= 11 is 1.94. The van der Waals surface area contributed by atoms with E-state index in [9.17, 15) is 0 Å². The SMILES string of the molecule is CCCCCCOc1ccc2c(sc3c(C)c(CCCC)ccc32)c1C. The van der Waals surface area contributed by atoms with Crippen LogP contribution in [0.2, 0.25) is 0 Å². The van der Waals surface area contributed by atoms with E-state index >= 15 is 0 Å². The van der Waals surface area contributed by atoms with Crippen LogP contribution in [0.15, 0.2) is 24.3 Å². The van der Waals surface area contributed by atoms with Crippen molar-refractivity contribution in [2.24, 2.45) is 0 Å². The molecule has 0 saturated carbocycles. The number of unbranched alkanes of at least 4 members (excludes halogenated alkanes) is 4. The summed E-state index contributed by atoms with van der Waals surface area (Å²) < 4.78 is 8.95. The van der Waals surface area contributed by atoms with Crippen LogP contribution >= 0.6 is 11.3 Å². The molecule has 1 nitrogen and oxygen atoms in total. The number of hydrogen-bond acceptors (Lipinski definition) is 2. The maximum atomic E-state index is 6.10. The van der Waals surface area contributed by atoms with Crippen molar-refractivity contribution in [1.29, 1.82) is 0 Å². The molecule has 0 unspecified atom stereocenters. The molecule has 0 amide bonds. The third-order valence-electron chi connectivity index (χ3n) is 5.42. The molecule has 0 atom stereocenters. The topological polar surface area (TPSA) is 9.23 Å². The molecule has 140 valence electrons. The third-order valence-corrected chi connectivity index (χ3v) is 6.88. The lowest BCUT2D eigenvalue weighted by atomic mass is 10.00. The number of hydrogen-bond donors (Lipinski definition) is 0. The Labute approximate surface area is 162 Å². The van der Waals surface area contributed by atoms with Crippen molar-refractivity contribution in [2.45, 2.75) is 72.6 Å². The van der Waals surface area contributed by atoms with Gasteiger partial charge in [0.05, 0.1) is 6.61 Å². The Balaban J connectivity index is 1.90. The van der Waals surface area contributed by atoms with E-state index in [2.05, 4.69) is 52.0 Å². The summed E-state index contributed by atoms with van der Waals surface area (Å²) in [6.07, 6.45) is 8.70. The minimum atomic E-state index is 0.831. The number of benzene rings is 2. The van der Waals surface area contributed by atoms with Crippen molar-refractivity contribution in [3.05, 3.63) is 41.0 Å². The highest BCUT2D eigenvalue weighted by atomic mass is 32.1. The van der Waals surface area contributed by atoms with Crippen LogP contribution in [-0.2, 0) is 6.42 Å². The summed E-state index contributed by atoms with van der Waals surface area (Å²) in [6.45, 7) is 9.85. The highest BCUT2D eigenvalue weighted by Crippen LogP contribution is 2.41. The minimum Gasteiger partial charge on any atom is -0.493 e. The first-order valence-electron chi connectivity index (χ1n) is 10.2. The summed E-state index contributed by atoms with van der Waals surface area (Å²) in [5, 5.41) is 2.78. The lowest BCUT2D eigenvalue weighted by molar-refractivity contribution is 0.303. The van der Waals surface area contributed by atoms with Crippen LogP contribution in [-0.4, -0.2) is 6.61 Å². The molecule has 0 aliphatic rings. The van der Waals surface area contributed by atoms with Gasteiger partial charge in [0.15, 0.2) is 0 Å². The summed E-state index contributed by atoms with van der Waals surface area (Å²) in [5.41, 5.74) is 4.28. The van der Waals surface area contributed by atoms with Crippen LogP contribution in [0.4, 0.5) is 0 Å². The number of rotatable bonds is 9. The predicted molar refractivity (Wildman–Crippen MR) is 117 cm³/mol. The molecule has 0 radical (unpaired) electrons. The monoisotopic (exact) mass is 368 g/mol. The fourth-order valence-electron chi connectivity index (χ4n) is 3.70. The van der Waals surface area contributed by atoms with Crippen molar-refractivity contribution in [2.75, 3.05) is 6.61 Å². The van der Waals surface area contributed by atoms with Crippen molar-refractivity contribution < 1.29 is 4.74 Å². The van der Waals surface area contributed by atoms with Crippen LogP contribution < -0.4 is 4.74 Å². The average Bonchev–Trinajstić information content (AvgIpc) is 3.03. The van der Waals surface area contributed by atoms with Crippen molar-refractivity contribution in [3.8, 4) is 5.75 Å². The van der Waals surface area contributed by atoms with E-state index in [1.807, 2.05) is 11.3 Å². The van der Waals surface area contributed by atoms with Gasteiger partial charge in [-0.25, -0.2) is 0 Å². The van der Waals surface area contributed by atoms with Gasteiger partial charge in [-0.1, -0.05) is 51.7 Å². The Morgan fingerprint density at radius 1 is 0.769 bits per heavy atom. The normalized spacial score (nSPS) is 11.5. The Kier molecular flexibility index (Phi) is 6.58. The van der Waals surface area contributed by atoms with Crippen molar-refractivity contribution in [3.63, 3.8) is 0 Å². The zero-order valence-corrected chi connectivity index (χ0v) is 17.6. The maximum absolute atomic E-state index is 6.10. The number of aryl methyl sites for hydroxylation is 3. The minimum absolute atomic E-state index is 0.831.